The first-order chi connectivity index (χ1) is 6.09. The molecule has 13 heavy (non-hydrogen) atoms. The second-order valence-corrected chi connectivity index (χ2v) is 2.92. The predicted octanol–water partition coefficient (Wildman–Crippen LogP) is 1.42. The van der Waals surface area contributed by atoms with Crippen LogP contribution < -0.4 is 11.5 Å². The van der Waals surface area contributed by atoms with Crippen LogP contribution in [0.3, 0.4) is 0 Å². The molecule has 1 amide bonds. The summed E-state index contributed by atoms with van der Waals surface area (Å²) in [7, 11) is 0. The van der Waals surface area contributed by atoms with E-state index in [0.717, 1.165) is 5.56 Å². The fourth-order valence-electron chi connectivity index (χ4n) is 0.844. The minimum absolute atomic E-state index is 0.480. The summed E-state index contributed by atoms with van der Waals surface area (Å²) in [6.45, 7) is 0. The first kappa shape index (κ1) is 9.61. The van der Waals surface area contributed by atoms with E-state index in [1.165, 1.54) is 6.08 Å². The number of amides is 1. The Labute approximate surface area is 81.0 Å². The molecule has 0 aliphatic rings. The van der Waals surface area contributed by atoms with Gasteiger partial charge in [0.25, 0.3) is 0 Å². The summed E-state index contributed by atoms with van der Waals surface area (Å²) in [5.41, 5.74) is 11.7. The topological polar surface area (TPSA) is 69.1 Å². The molecule has 1 aromatic carbocycles. The molecule has 0 fully saturated rings. The summed E-state index contributed by atoms with van der Waals surface area (Å²) >= 11 is 5.70. The summed E-state index contributed by atoms with van der Waals surface area (Å²) in [4.78, 5) is 10.4. The SMILES string of the molecule is NC(=O)/C=C/c1ccc(Cl)c(N)c1. The Morgan fingerprint density at radius 1 is 1.46 bits per heavy atom. The molecule has 4 heteroatoms. The second kappa shape index (κ2) is 3.96. The molecular formula is C9H9ClN2O. The molecule has 0 unspecified atom stereocenters. The van der Waals surface area contributed by atoms with Gasteiger partial charge in [0.1, 0.15) is 0 Å². The number of hydrogen-bond donors (Lipinski definition) is 2. The van der Waals surface area contributed by atoms with E-state index < -0.39 is 5.91 Å². The number of primary amides is 1. The van der Waals surface area contributed by atoms with Crippen LogP contribution in [0.2, 0.25) is 5.02 Å². The van der Waals surface area contributed by atoms with Crippen molar-refractivity contribution in [2.45, 2.75) is 0 Å². The van der Waals surface area contributed by atoms with E-state index in [-0.39, 0.29) is 0 Å². The van der Waals surface area contributed by atoms with Crippen LogP contribution in [0.5, 0.6) is 0 Å². The van der Waals surface area contributed by atoms with Crippen molar-refractivity contribution >= 4 is 29.3 Å². The third-order valence-corrected chi connectivity index (χ3v) is 1.80. The number of halogens is 1. The van der Waals surface area contributed by atoms with Crippen molar-refractivity contribution in [1.82, 2.24) is 0 Å². The average molecular weight is 197 g/mol. The summed E-state index contributed by atoms with van der Waals surface area (Å²) in [5.74, 6) is -0.492. The van der Waals surface area contributed by atoms with Crippen molar-refractivity contribution in [1.29, 1.82) is 0 Å². The molecule has 4 N–H and O–H groups in total. The number of hydrogen-bond acceptors (Lipinski definition) is 2. The monoisotopic (exact) mass is 196 g/mol. The van der Waals surface area contributed by atoms with Crippen LogP contribution in [0.25, 0.3) is 6.08 Å². The fraction of sp³-hybridized carbons (Fsp3) is 0. The number of nitrogens with two attached hydrogens (primary N) is 2. The molecule has 0 aromatic heterocycles. The highest BCUT2D eigenvalue weighted by atomic mass is 35.5. The molecule has 1 rings (SSSR count). The summed E-state index contributed by atoms with van der Waals surface area (Å²) in [5, 5.41) is 0.497. The zero-order valence-electron chi connectivity index (χ0n) is 6.83. The zero-order chi connectivity index (χ0) is 9.84. The van der Waals surface area contributed by atoms with E-state index in [0.29, 0.717) is 10.7 Å². The van der Waals surface area contributed by atoms with Gasteiger partial charge in [-0.25, -0.2) is 0 Å². The number of nitrogen functional groups attached to an aromatic ring is 1. The maximum Gasteiger partial charge on any atom is 0.241 e. The molecule has 0 spiro atoms. The lowest BCUT2D eigenvalue weighted by Crippen LogP contribution is -2.05. The Morgan fingerprint density at radius 2 is 2.15 bits per heavy atom. The van der Waals surface area contributed by atoms with Crippen molar-refractivity contribution < 1.29 is 4.79 Å². The smallest absolute Gasteiger partial charge is 0.241 e. The number of rotatable bonds is 2. The molecular weight excluding hydrogens is 188 g/mol. The number of benzene rings is 1. The summed E-state index contributed by atoms with van der Waals surface area (Å²) in [6, 6.07) is 5.08. The molecule has 0 radical (unpaired) electrons. The highest BCUT2D eigenvalue weighted by Gasteiger charge is 1.95. The van der Waals surface area contributed by atoms with Gasteiger partial charge in [-0.2, -0.15) is 0 Å². The quantitative estimate of drug-likeness (QED) is 0.555. The van der Waals surface area contributed by atoms with Gasteiger partial charge in [0, 0.05) is 6.08 Å². The van der Waals surface area contributed by atoms with Crippen molar-refractivity contribution in [2.75, 3.05) is 5.73 Å². The van der Waals surface area contributed by atoms with E-state index in [1.807, 2.05) is 0 Å². The molecule has 3 nitrogen and oxygen atoms in total. The molecule has 0 heterocycles. The van der Waals surface area contributed by atoms with Crippen molar-refractivity contribution in [3.63, 3.8) is 0 Å². The van der Waals surface area contributed by atoms with Crippen LogP contribution >= 0.6 is 11.6 Å². The molecule has 0 bridgehead atoms. The third-order valence-electron chi connectivity index (χ3n) is 1.46. The molecule has 0 saturated carbocycles. The van der Waals surface area contributed by atoms with E-state index in [2.05, 4.69) is 0 Å². The number of carbonyl (C=O) groups is 1. The summed E-state index contributed by atoms with van der Waals surface area (Å²) < 4.78 is 0. The molecule has 0 atom stereocenters. The lowest BCUT2D eigenvalue weighted by Gasteiger charge is -1.98. The molecule has 0 aliphatic carbocycles. The highest BCUT2D eigenvalue weighted by molar-refractivity contribution is 6.33. The fourth-order valence-corrected chi connectivity index (χ4v) is 0.962. The minimum Gasteiger partial charge on any atom is -0.398 e. The van der Waals surface area contributed by atoms with Crippen LogP contribution in [0.15, 0.2) is 24.3 Å². The van der Waals surface area contributed by atoms with Gasteiger partial charge in [-0.3, -0.25) is 4.79 Å². The van der Waals surface area contributed by atoms with E-state index in [1.54, 1.807) is 24.3 Å². The van der Waals surface area contributed by atoms with Gasteiger partial charge in [-0.1, -0.05) is 17.7 Å². The second-order valence-electron chi connectivity index (χ2n) is 2.52. The first-order valence-corrected chi connectivity index (χ1v) is 4.00. The van der Waals surface area contributed by atoms with Crippen LogP contribution in [0.4, 0.5) is 5.69 Å². The Balaban J connectivity index is 2.92. The standard InChI is InChI=1S/C9H9ClN2O/c10-7-3-1-6(5-8(7)11)2-4-9(12)13/h1-5H,11H2,(H2,12,13)/b4-2+. The van der Waals surface area contributed by atoms with Gasteiger partial charge < -0.3 is 11.5 Å². The Bertz CT molecular complexity index is 361. The van der Waals surface area contributed by atoms with Gasteiger partial charge in [-0.05, 0) is 23.8 Å². The normalized spacial score (nSPS) is 10.5. The van der Waals surface area contributed by atoms with E-state index in [4.69, 9.17) is 23.1 Å². The van der Waals surface area contributed by atoms with Crippen molar-refractivity contribution in [3.8, 4) is 0 Å². The maximum atomic E-state index is 10.4. The number of carbonyl (C=O) groups excluding carboxylic acids is 1. The summed E-state index contributed by atoms with van der Waals surface area (Å²) in [6.07, 6.45) is 2.84. The van der Waals surface area contributed by atoms with Crippen molar-refractivity contribution in [2.24, 2.45) is 5.73 Å². The van der Waals surface area contributed by atoms with Crippen LogP contribution in [-0.2, 0) is 4.79 Å². The van der Waals surface area contributed by atoms with E-state index >= 15 is 0 Å². The van der Waals surface area contributed by atoms with Crippen molar-refractivity contribution in [3.05, 3.63) is 34.9 Å². The number of anilines is 1. The third kappa shape index (κ3) is 2.80. The largest absolute Gasteiger partial charge is 0.398 e. The highest BCUT2D eigenvalue weighted by Crippen LogP contribution is 2.19. The van der Waals surface area contributed by atoms with Crippen LogP contribution in [-0.4, -0.2) is 5.91 Å². The minimum atomic E-state index is -0.492. The Hall–Kier alpha value is -1.48. The average Bonchev–Trinajstić information content (AvgIpc) is 2.07. The van der Waals surface area contributed by atoms with Gasteiger partial charge in [0.2, 0.25) is 5.91 Å². The predicted molar refractivity (Wildman–Crippen MR) is 54.1 cm³/mol. The Kier molecular flexibility index (Phi) is 2.93. The molecule has 0 aliphatic heterocycles. The van der Waals surface area contributed by atoms with Gasteiger partial charge in [0.15, 0.2) is 0 Å². The maximum absolute atomic E-state index is 10.4. The lowest BCUT2D eigenvalue weighted by molar-refractivity contribution is -0.113. The lowest BCUT2D eigenvalue weighted by atomic mass is 10.2. The molecule has 68 valence electrons. The van der Waals surface area contributed by atoms with E-state index in [9.17, 15) is 4.79 Å². The first-order valence-electron chi connectivity index (χ1n) is 3.62. The molecule has 1 aromatic rings. The van der Waals surface area contributed by atoms with Gasteiger partial charge >= 0.3 is 0 Å². The van der Waals surface area contributed by atoms with Gasteiger partial charge in [0.05, 0.1) is 10.7 Å². The van der Waals surface area contributed by atoms with Crippen LogP contribution in [0, 0.1) is 0 Å². The van der Waals surface area contributed by atoms with Crippen LogP contribution in [0.1, 0.15) is 5.56 Å². The Morgan fingerprint density at radius 3 is 2.69 bits per heavy atom. The zero-order valence-corrected chi connectivity index (χ0v) is 7.58. The molecule has 0 saturated heterocycles. The van der Waals surface area contributed by atoms with Gasteiger partial charge in [-0.15, -0.1) is 0 Å².